The Morgan fingerprint density at radius 2 is 2.00 bits per heavy atom. The highest BCUT2D eigenvalue weighted by Gasteiger charge is 2.18. The van der Waals surface area contributed by atoms with Gasteiger partial charge in [-0.3, -0.25) is 13.9 Å². The van der Waals surface area contributed by atoms with Crippen molar-refractivity contribution in [1.82, 2.24) is 19.1 Å². The van der Waals surface area contributed by atoms with Crippen LogP contribution in [0.1, 0.15) is 13.3 Å². The quantitative estimate of drug-likeness (QED) is 0.534. The smallest absolute Gasteiger partial charge is 0.280 e. The molecule has 0 aliphatic rings. The zero-order valence-electron chi connectivity index (χ0n) is 13.1. The van der Waals surface area contributed by atoms with E-state index in [2.05, 4.69) is 16.9 Å². The van der Waals surface area contributed by atoms with E-state index in [9.17, 15) is 9.59 Å². The fraction of sp³-hybridized carbons (Fsp3) is 0.333. The van der Waals surface area contributed by atoms with E-state index in [0.717, 1.165) is 21.6 Å². The van der Waals surface area contributed by atoms with Gasteiger partial charge in [0.1, 0.15) is 10.4 Å². The summed E-state index contributed by atoms with van der Waals surface area (Å²) in [6.07, 6.45) is 0.969. The van der Waals surface area contributed by atoms with Crippen molar-refractivity contribution >= 4 is 34.1 Å². The molecule has 6 nitrogen and oxygen atoms in total. The van der Waals surface area contributed by atoms with Gasteiger partial charge in [0.25, 0.3) is 5.56 Å². The Bertz CT molecular complexity index is 974. The number of rotatable bonds is 4. The second-order valence-electron chi connectivity index (χ2n) is 5.08. The van der Waals surface area contributed by atoms with Gasteiger partial charge in [0.15, 0.2) is 11.5 Å². The van der Waals surface area contributed by atoms with Gasteiger partial charge in [-0.05, 0) is 23.6 Å². The molecule has 0 fully saturated rings. The molecule has 0 bridgehead atoms. The lowest BCUT2D eigenvalue weighted by atomic mass is 10.3. The summed E-state index contributed by atoms with van der Waals surface area (Å²) in [6, 6.07) is 3.86. The number of hydrogen-bond acceptors (Lipinski definition) is 6. The van der Waals surface area contributed by atoms with Crippen molar-refractivity contribution in [2.75, 3.05) is 5.75 Å². The molecule has 3 aromatic heterocycles. The molecule has 3 rings (SSSR count). The van der Waals surface area contributed by atoms with E-state index in [1.165, 1.54) is 34.7 Å². The lowest BCUT2D eigenvalue weighted by Gasteiger charge is -2.11. The molecule has 120 valence electrons. The van der Waals surface area contributed by atoms with Gasteiger partial charge in [-0.15, -0.1) is 23.1 Å². The summed E-state index contributed by atoms with van der Waals surface area (Å²) in [5.41, 5.74) is -0.348. The van der Waals surface area contributed by atoms with Crippen LogP contribution in [0.15, 0.2) is 32.1 Å². The predicted octanol–water partition coefficient (Wildman–Crippen LogP) is 2.26. The fourth-order valence-electron chi connectivity index (χ4n) is 2.25. The van der Waals surface area contributed by atoms with E-state index in [0.29, 0.717) is 21.9 Å². The average molecular weight is 348 g/mol. The molecule has 0 saturated carbocycles. The highest BCUT2D eigenvalue weighted by Crippen LogP contribution is 2.28. The highest BCUT2D eigenvalue weighted by molar-refractivity contribution is 7.99. The van der Waals surface area contributed by atoms with Gasteiger partial charge >= 0.3 is 5.69 Å². The van der Waals surface area contributed by atoms with Crippen LogP contribution in [0, 0.1) is 0 Å². The third-order valence-electron chi connectivity index (χ3n) is 3.45. The number of thioether (sulfide) groups is 1. The van der Waals surface area contributed by atoms with Crippen molar-refractivity contribution in [3.8, 4) is 10.7 Å². The molecule has 0 radical (unpaired) electrons. The zero-order chi connectivity index (χ0) is 16.6. The van der Waals surface area contributed by atoms with Crippen molar-refractivity contribution in [2.24, 2.45) is 14.1 Å². The number of thiophene rings is 1. The average Bonchev–Trinajstić information content (AvgIpc) is 3.09. The number of nitrogens with zero attached hydrogens (tertiary/aromatic N) is 4. The van der Waals surface area contributed by atoms with Crippen molar-refractivity contribution in [3.05, 3.63) is 38.4 Å². The van der Waals surface area contributed by atoms with E-state index < -0.39 is 0 Å². The largest absolute Gasteiger partial charge is 0.332 e. The van der Waals surface area contributed by atoms with Crippen molar-refractivity contribution < 1.29 is 0 Å². The van der Waals surface area contributed by atoms with Crippen molar-refractivity contribution in [2.45, 2.75) is 18.4 Å². The lowest BCUT2D eigenvalue weighted by Crippen LogP contribution is -2.37. The van der Waals surface area contributed by atoms with Crippen molar-refractivity contribution in [3.63, 3.8) is 0 Å². The van der Waals surface area contributed by atoms with Gasteiger partial charge in [-0.2, -0.15) is 0 Å². The molecule has 3 heterocycles. The maximum Gasteiger partial charge on any atom is 0.332 e. The second kappa shape index (κ2) is 6.29. The van der Waals surface area contributed by atoms with Crippen LogP contribution >= 0.6 is 23.1 Å². The first kappa shape index (κ1) is 15.9. The Morgan fingerprint density at radius 1 is 1.22 bits per heavy atom. The molecule has 0 N–H and O–H groups in total. The first-order chi connectivity index (χ1) is 11.0. The Hall–Kier alpha value is -1.93. The SMILES string of the molecule is CCCSc1nc(-c2cccs2)nc2c1c(=O)n(C)c(=O)n2C. The standard InChI is InChI=1S/C15H16N4O2S2/c1-4-7-23-13-10-12(18(2)15(21)19(3)14(10)20)16-11(17-13)9-6-5-8-22-9/h5-6,8H,4,7H2,1-3H3. The van der Waals surface area contributed by atoms with Gasteiger partial charge in [-0.25, -0.2) is 14.8 Å². The summed E-state index contributed by atoms with van der Waals surface area (Å²) in [6.45, 7) is 2.07. The van der Waals surface area contributed by atoms with Gasteiger partial charge < -0.3 is 0 Å². The highest BCUT2D eigenvalue weighted by atomic mass is 32.2. The number of fused-ring (bicyclic) bond motifs is 1. The minimum atomic E-state index is -0.384. The van der Waals surface area contributed by atoms with Crippen LogP contribution in [0.4, 0.5) is 0 Å². The maximum absolute atomic E-state index is 12.5. The van der Waals surface area contributed by atoms with Crippen LogP contribution < -0.4 is 11.2 Å². The first-order valence-corrected chi connectivity index (χ1v) is 9.05. The molecule has 0 spiro atoms. The Morgan fingerprint density at radius 3 is 2.65 bits per heavy atom. The molecule has 23 heavy (non-hydrogen) atoms. The lowest BCUT2D eigenvalue weighted by molar-refractivity contribution is 0.703. The summed E-state index contributed by atoms with van der Waals surface area (Å²) in [4.78, 5) is 34.7. The van der Waals surface area contributed by atoms with Crippen LogP contribution in [-0.4, -0.2) is 24.9 Å². The summed E-state index contributed by atoms with van der Waals surface area (Å²) < 4.78 is 2.51. The predicted molar refractivity (Wildman–Crippen MR) is 94.3 cm³/mol. The number of aromatic nitrogens is 4. The van der Waals surface area contributed by atoms with Crippen LogP contribution in [-0.2, 0) is 14.1 Å². The van der Waals surface area contributed by atoms with Crippen LogP contribution in [0.25, 0.3) is 21.7 Å². The summed E-state index contributed by atoms with van der Waals surface area (Å²) in [7, 11) is 3.11. The molecule has 0 unspecified atom stereocenters. The molecular formula is C15H16N4O2S2. The first-order valence-electron chi connectivity index (χ1n) is 7.19. The third-order valence-corrected chi connectivity index (χ3v) is 5.50. The zero-order valence-corrected chi connectivity index (χ0v) is 14.7. The van der Waals surface area contributed by atoms with Crippen LogP contribution in [0.3, 0.4) is 0 Å². The molecule has 0 aromatic carbocycles. The molecule has 3 aromatic rings. The van der Waals surface area contributed by atoms with Crippen LogP contribution in [0.5, 0.6) is 0 Å². The molecule has 8 heteroatoms. The van der Waals surface area contributed by atoms with Gasteiger partial charge in [0, 0.05) is 14.1 Å². The van der Waals surface area contributed by atoms with E-state index >= 15 is 0 Å². The molecule has 0 saturated heterocycles. The minimum absolute atomic E-state index is 0.348. The Kier molecular flexibility index (Phi) is 4.36. The molecule has 0 amide bonds. The summed E-state index contributed by atoms with van der Waals surface area (Å²) in [5, 5.41) is 3.00. The number of aryl methyl sites for hydroxylation is 1. The van der Waals surface area contributed by atoms with Gasteiger partial charge in [-0.1, -0.05) is 13.0 Å². The van der Waals surface area contributed by atoms with Crippen molar-refractivity contribution in [1.29, 1.82) is 0 Å². The van der Waals surface area contributed by atoms with Gasteiger partial charge in [0.2, 0.25) is 0 Å². The van der Waals surface area contributed by atoms with Crippen LogP contribution in [0.2, 0.25) is 0 Å². The normalized spacial score (nSPS) is 11.3. The molecular weight excluding hydrogens is 332 g/mol. The Labute approximate surface area is 140 Å². The maximum atomic E-state index is 12.5. The second-order valence-corrected chi connectivity index (χ2v) is 7.11. The van der Waals surface area contributed by atoms with E-state index in [-0.39, 0.29) is 11.2 Å². The molecule has 0 aliphatic carbocycles. The minimum Gasteiger partial charge on any atom is -0.280 e. The van der Waals surface area contributed by atoms with Gasteiger partial charge in [0.05, 0.1) is 4.88 Å². The summed E-state index contributed by atoms with van der Waals surface area (Å²) >= 11 is 3.05. The van der Waals surface area contributed by atoms with E-state index in [1.807, 2.05) is 17.5 Å². The topological polar surface area (TPSA) is 69.8 Å². The number of hydrogen-bond donors (Lipinski definition) is 0. The Balaban J connectivity index is 2.40. The summed E-state index contributed by atoms with van der Waals surface area (Å²) in [5.74, 6) is 1.40. The van der Waals surface area contributed by atoms with E-state index in [1.54, 1.807) is 7.05 Å². The third kappa shape index (κ3) is 2.72. The monoisotopic (exact) mass is 348 g/mol. The van der Waals surface area contributed by atoms with E-state index in [4.69, 9.17) is 0 Å². The molecule has 0 atom stereocenters. The molecule has 0 aliphatic heterocycles. The fourth-order valence-corrected chi connectivity index (χ4v) is 3.78.